The molecule has 5 atom stereocenters. The van der Waals surface area contributed by atoms with Crippen molar-refractivity contribution in [3.05, 3.63) is 71.3 Å². The van der Waals surface area contributed by atoms with Crippen molar-refractivity contribution in [2.75, 3.05) is 20.1 Å². The van der Waals surface area contributed by atoms with Crippen LogP contribution in [0.5, 0.6) is 11.5 Å². The highest BCUT2D eigenvalue weighted by Gasteiger charge is 2.75. The third-order valence-electron chi connectivity index (χ3n) is 9.53. The molecule has 2 aliphatic carbocycles. The van der Waals surface area contributed by atoms with Gasteiger partial charge in [-0.2, -0.15) is 13.2 Å². The molecule has 0 radical (unpaired) electrons. The van der Waals surface area contributed by atoms with Crippen molar-refractivity contribution in [2.45, 2.75) is 68.0 Å². The van der Waals surface area contributed by atoms with Crippen molar-refractivity contribution < 1.29 is 37.3 Å². The van der Waals surface area contributed by atoms with Gasteiger partial charge in [0.2, 0.25) is 0 Å². The fourth-order valence-corrected chi connectivity index (χ4v) is 7.93. The SMILES string of the molecule is C=CCN1CC[C@]23c4c5ccc(O)c4O[C@H]2[C@@H](N(C)C(=O)C#Cc2ccc(C(F)(F)F)cc2)CC[C@@]3(OC(C)=O)[C@H]1C5. The standard InChI is InChI=1S/C32H31F3N2O5/c1-4-16-37-17-15-30-27-21-8-11-24(39)28(27)41-29(30)23(13-14-31(30,25(37)18-21)42-19(2)38)36(3)26(40)12-7-20-5-9-22(10-6-20)32(33,34)35/h4-6,8-11,23,25,29,39H,1,13-18H2,2-3H3/t23-,25+,29-,30-,31+/m0/s1. The van der Waals surface area contributed by atoms with Gasteiger partial charge >= 0.3 is 12.1 Å². The Morgan fingerprint density at radius 2 is 1.98 bits per heavy atom. The number of likely N-dealkylation sites (tertiary alicyclic amines) is 1. The van der Waals surface area contributed by atoms with Gasteiger partial charge in [-0.1, -0.05) is 18.1 Å². The van der Waals surface area contributed by atoms with E-state index in [-0.39, 0.29) is 17.4 Å². The summed E-state index contributed by atoms with van der Waals surface area (Å²) in [4.78, 5) is 29.8. The molecule has 2 aliphatic heterocycles. The number of aromatic hydroxyl groups is 1. The summed E-state index contributed by atoms with van der Waals surface area (Å²) in [7, 11) is 1.63. The van der Waals surface area contributed by atoms with Crippen molar-refractivity contribution in [2.24, 2.45) is 0 Å². The minimum absolute atomic E-state index is 0.00366. The van der Waals surface area contributed by atoms with E-state index >= 15 is 0 Å². The number of ether oxygens (including phenoxy) is 2. The predicted molar refractivity (Wildman–Crippen MR) is 147 cm³/mol. The first-order chi connectivity index (χ1) is 19.9. The Labute approximate surface area is 241 Å². The predicted octanol–water partition coefficient (Wildman–Crippen LogP) is 4.20. The van der Waals surface area contributed by atoms with E-state index in [9.17, 15) is 27.9 Å². The van der Waals surface area contributed by atoms with Crippen LogP contribution in [0.25, 0.3) is 0 Å². The minimum atomic E-state index is -4.46. The molecule has 2 bridgehead atoms. The van der Waals surface area contributed by atoms with Gasteiger partial charge in [0.15, 0.2) is 11.5 Å². The first kappa shape index (κ1) is 28.2. The molecule has 42 heavy (non-hydrogen) atoms. The molecule has 1 N–H and O–H groups in total. The van der Waals surface area contributed by atoms with Gasteiger partial charge in [-0.3, -0.25) is 14.5 Å². The van der Waals surface area contributed by atoms with Crippen LogP contribution >= 0.6 is 0 Å². The Hall–Kier alpha value is -3.97. The summed E-state index contributed by atoms with van der Waals surface area (Å²) in [6.45, 7) is 6.64. The van der Waals surface area contributed by atoms with Crippen LogP contribution in [-0.2, 0) is 32.3 Å². The third kappa shape index (κ3) is 4.01. The van der Waals surface area contributed by atoms with E-state index in [4.69, 9.17) is 9.47 Å². The lowest BCUT2D eigenvalue weighted by molar-refractivity contribution is -0.222. The molecular weight excluding hydrogens is 549 g/mol. The van der Waals surface area contributed by atoms with Gasteiger partial charge in [0.25, 0.3) is 5.91 Å². The first-order valence-corrected chi connectivity index (χ1v) is 14.0. The zero-order chi connectivity index (χ0) is 30.0. The smallest absolute Gasteiger partial charge is 0.416 e. The average molecular weight is 581 g/mol. The summed E-state index contributed by atoms with van der Waals surface area (Å²) in [6, 6.07) is 7.23. The number of rotatable bonds is 4. The second-order valence-corrected chi connectivity index (χ2v) is 11.5. The zero-order valence-electron chi connectivity index (χ0n) is 23.3. The number of phenols is 1. The molecule has 2 aromatic carbocycles. The molecule has 4 aliphatic rings. The Morgan fingerprint density at radius 1 is 1.24 bits per heavy atom. The van der Waals surface area contributed by atoms with Gasteiger partial charge in [0.1, 0.15) is 11.7 Å². The summed E-state index contributed by atoms with van der Waals surface area (Å²) in [6.07, 6.45) is -1.14. The first-order valence-electron chi connectivity index (χ1n) is 14.0. The van der Waals surface area contributed by atoms with Crippen LogP contribution in [-0.4, -0.2) is 70.7 Å². The number of carbonyl (C=O) groups is 2. The molecule has 2 fully saturated rings. The maximum Gasteiger partial charge on any atom is 0.416 e. The lowest BCUT2D eigenvalue weighted by Crippen LogP contribution is -2.79. The van der Waals surface area contributed by atoms with E-state index in [2.05, 4.69) is 23.3 Å². The van der Waals surface area contributed by atoms with Crippen LogP contribution in [0.3, 0.4) is 0 Å². The number of nitrogens with zero attached hydrogens (tertiary/aromatic N) is 2. The zero-order valence-corrected chi connectivity index (χ0v) is 23.3. The largest absolute Gasteiger partial charge is 0.504 e. The Balaban J connectivity index is 1.38. The van der Waals surface area contributed by atoms with Crippen LogP contribution in [0.1, 0.15) is 48.4 Å². The summed E-state index contributed by atoms with van der Waals surface area (Å²) >= 11 is 0. The summed E-state index contributed by atoms with van der Waals surface area (Å²) in [5.74, 6) is 4.69. The highest BCUT2D eigenvalue weighted by molar-refractivity contribution is 5.94. The van der Waals surface area contributed by atoms with Gasteiger partial charge in [-0.25, -0.2) is 0 Å². The van der Waals surface area contributed by atoms with Crippen LogP contribution in [0.4, 0.5) is 13.2 Å². The maximum atomic E-state index is 13.4. The minimum Gasteiger partial charge on any atom is -0.504 e. The van der Waals surface area contributed by atoms with Crippen LogP contribution < -0.4 is 4.74 Å². The molecule has 1 saturated heterocycles. The van der Waals surface area contributed by atoms with Crippen molar-refractivity contribution >= 4 is 11.9 Å². The van der Waals surface area contributed by atoms with E-state index in [1.807, 2.05) is 12.1 Å². The molecule has 1 saturated carbocycles. The lowest BCUT2D eigenvalue weighted by Gasteiger charge is -2.65. The number of hydrogen-bond acceptors (Lipinski definition) is 6. The summed E-state index contributed by atoms with van der Waals surface area (Å²) in [5, 5.41) is 10.9. The maximum absolute atomic E-state index is 13.4. The molecule has 0 unspecified atom stereocenters. The number of carbonyl (C=O) groups excluding carboxylic acids is 2. The fraction of sp³-hybridized carbons (Fsp3) is 0.438. The summed E-state index contributed by atoms with van der Waals surface area (Å²) < 4.78 is 51.7. The van der Waals surface area contributed by atoms with Gasteiger partial charge in [0.05, 0.1) is 23.1 Å². The van der Waals surface area contributed by atoms with Crippen LogP contribution in [0.15, 0.2) is 49.1 Å². The van der Waals surface area contributed by atoms with E-state index in [1.165, 1.54) is 24.0 Å². The molecule has 1 amide bonds. The lowest BCUT2D eigenvalue weighted by atomic mass is 9.48. The quantitative estimate of drug-likeness (QED) is 0.332. The Kier molecular flexibility index (Phi) is 6.57. The number of piperidine rings is 1. The highest BCUT2D eigenvalue weighted by Crippen LogP contribution is 2.67. The van der Waals surface area contributed by atoms with E-state index in [0.717, 1.165) is 23.3 Å². The average Bonchev–Trinajstić information content (AvgIpc) is 3.29. The number of likely N-dealkylation sites (N-methyl/N-ethyl adjacent to an activating group) is 1. The molecular formula is C32H31F3N2O5. The number of esters is 1. The van der Waals surface area contributed by atoms with Crippen molar-refractivity contribution in [3.8, 4) is 23.3 Å². The van der Waals surface area contributed by atoms with Crippen molar-refractivity contribution in [3.63, 3.8) is 0 Å². The van der Waals surface area contributed by atoms with Gasteiger partial charge in [0, 0.05) is 44.1 Å². The van der Waals surface area contributed by atoms with Crippen LogP contribution in [0, 0.1) is 11.8 Å². The van der Waals surface area contributed by atoms with E-state index in [1.54, 1.807) is 13.1 Å². The Bertz CT molecular complexity index is 1530. The Morgan fingerprint density at radius 3 is 2.64 bits per heavy atom. The second-order valence-electron chi connectivity index (χ2n) is 11.5. The molecule has 1 spiro atoms. The van der Waals surface area contributed by atoms with Gasteiger partial charge in [-0.05, 0) is 61.6 Å². The monoisotopic (exact) mass is 580 g/mol. The number of benzene rings is 2. The van der Waals surface area contributed by atoms with Gasteiger partial charge in [-0.15, -0.1) is 6.58 Å². The van der Waals surface area contributed by atoms with Crippen molar-refractivity contribution in [1.82, 2.24) is 9.80 Å². The van der Waals surface area contributed by atoms with E-state index in [0.29, 0.717) is 44.5 Å². The van der Waals surface area contributed by atoms with Gasteiger partial charge < -0.3 is 19.5 Å². The van der Waals surface area contributed by atoms with E-state index < -0.39 is 46.8 Å². The summed E-state index contributed by atoms with van der Waals surface area (Å²) in [5.41, 5.74) is -0.387. The topological polar surface area (TPSA) is 79.3 Å². The van der Waals surface area contributed by atoms with Crippen molar-refractivity contribution in [1.29, 1.82) is 0 Å². The second kappa shape index (κ2) is 9.80. The number of hydrogen-bond donors (Lipinski definition) is 1. The number of halogens is 3. The molecule has 0 aromatic heterocycles. The highest BCUT2D eigenvalue weighted by atomic mass is 19.4. The third-order valence-corrected chi connectivity index (χ3v) is 9.53. The molecule has 6 rings (SSSR count). The number of amides is 1. The molecule has 7 nitrogen and oxygen atoms in total. The molecule has 10 heteroatoms. The van der Waals surface area contributed by atoms with Crippen LogP contribution in [0.2, 0.25) is 0 Å². The fourth-order valence-electron chi connectivity index (χ4n) is 7.93. The molecule has 220 valence electrons. The molecule has 2 heterocycles. The normalized spacial score (nSPS) is 28.9. The number of phenolic OH excluding ortho intramolecular Hbond substituents is 1. The molecule has 2 aromatic rings. The number of alkyl halides is 3.